The van der Waals surface area contributed by atoms with Crippen molar-refractivity contribution in [1.82, 2.24) is 0 Å². The van der Waals surface area contributed by atoms with Crippen molar-refractivity contribution in [2.75, 3.05) is 32.8 Å². The number of carbonyl (C=O) groups excluding carboxylic acids is 1. The maximum atomic E-state index is 13.2. The summed E-state index contributed by atoms with van der Waals surface area (Å²) in [5.41, 5.74) is 5.14. The number of carbonyl (C=O) groups is 1. The normalized spacial score (nSPS) is 20.1. The number of benzene rings is 2. The standard InChI is InChI=1S/C21H24N2O4/c1-12-5-6-15(9-13(12)2)22-21(24)18-17-14(7-8-23(18)3)10-16-19(20(17)25-4)27-11-26-16/h5-6,9-10,18H,7-8,11H2,1-4H3,(H,22,24)/p+1/t18-/m0/s1. The minimum absolute atomic E-state index is 0.0473. The first-order chi connectivity index (χ1) is 13.0. The Morgan fingerprint density at radius 2 is 2.04 bits per heavy atom. The van der Waals surface area contributed by atoms with Gasteiger partial charge in [0.25, 0.3) is 5.91 Å². The van der Waals surface area contributed by atoms with Gasteiger partial charge in [0.1, 0.15) is 0 Å². The van der Waals surface area contributed by atoms with Gasteiger partial charge in [0.2, 0.25) is 12.5 Å². The molecule has 2 heterocycles. The molecule has 2 aliphatic heterocycles. The van der Waals surface area contributed by atoms with Crippen molar-refractivity contribution in [2.45, 2.75) is 26.3 Å². The Balaban J connectivity index is 1.73. The Kier molecular flexibility index (Phi) is 4.44. The summed E-state index contributed by atoms with van der Waals surface area (Å²) < 4.78 is 16.8. The highest BCUT2D eigenvalue weighted by Crippen LogP contribution is 2.47. The van der Waals surface area contributed by atoms with Crippen LogP contribution in [-0.2, 0) is 11.2 Å². The van der Waals surface area contributed by atoms with E-state index in [4.69, 9.17) is 14.2 Å². The van der Waals surface area contributed by atoms with Crippen molar-refractivity contribution in [3.05, 3.63) is 46.5 Å². The summed E-state index contributed by atoms with van der Waals surface area (Å²) in [7, 11) is 3.65. The average molecular weight is 369 g/mol. The molecule has 2 aromatic rings. The molecule has 2 N–H and O–H groups in total. The largest absolute Gasteiger partial charge is 0.492 e. The van der Waals surface area contributed by atoms with Crippen molar-refractivity contribution >= 4 is 11.6 Å². The Morgan fingerprint density at radius 3 is 2.78 bits per heavy atom. The number of amides is 1. The van der Waals surface area contributed by atoms with E-state index in [0.717, 1.165) is 40.2 Å². The number of nitrogens with one attached hydrogen (secondary N) is 2. The molecular weight excluding hydrogens is 344 g/mol. The monoisotopic (exact) mass is 369 g/mol. The Morgan fingerprint density at radius 1 is 1.22 bits per heavy atom. The second-order valence-corrected chi connectivity index (χ2v) is 7.28. The van der Waals surface area contributed by atoms with E-state index in [2.05, 4.69) is 12.2 Å². The van der Waals surface area contributed by atoms with E-state index >= 15 is 0 Å². The molecule has 1 amide bonds. The lowest BCUT2D eigenvalue weighted by molar-refractivity contribution is -0.904. The fourth-order valence-electron chi connectivity index (χ4n) is 3.91. The maximum absolute atomic E-state index is 13.2. The van der Waals surface area contributed by atoms with Crippen LogP contribution in [0.25, 0.3) is 0 Å². The van der Waals surface area contributed by atoms with E-state index in [1.54, 1.807) is 7.11 Å². The fraction of sp³-hybridized carbons (Fsp3) is 0.381. The molecule has 0 bridgehead atoms. The molecule has 142 valence electrons. The third-order valence-corrected chi connectivity index (χ3v) is 5.55. The van der Waals surface area contributed by atoms with Gasteiger partial charge in [-0.3, -0.25) is 4.79 Å². The fourth-order valence-corrected chi connectivity index (χ4v) is 3.91. The van der Waals surface area contributed by atoms with Crippen LogP contribution in [0.2, 0.25) is 0 Å². The van der Waals surface area contributed by atoms with Crippen LogP contribution in [0.3, 0.4) is 0 Å². The number of likely N-dealkylation sites (N-methyl/N-ethyl adjacent to an activating group) is 1. The van der Waals surface area contributed by atoms with Crippen LogP contribution >= 0.6 is 0 Å². The third-order valence-electron chi connectivity index (χ3n) is 5.55. The van der Waals surface area contributed by atoms with E-state index in [1.165, 1.54) is 5.56 Å². The molecule has 2 aromatic carbocycles. The zero-order valence-electron chi connectivity index (χ0n) is 16.1. The quantitative estimate of drug-likeness (QED) is 0.866. The summed E-state index contributed by atoms with van der Waals surface area (Å²) in [6.45, 7) is 5.14. The predicted octanol–water partition coefficient (Wildman–Crippen LogP) is 1.79. The number of hydrogen-bond donors (Lipinski definition) is 2. The van der Waals surface area contributed by atoms with E-state index in [-0.39, 0.29) is 18.7 Å². The van der Waals surface area contributed by atoms with Crippen LogP contribution in [0.4, 0.5) is 5.69 Å². The molecule has 0 saturated heterocycles. The van der Waals surface area contributed by atoms with Crippen molar-refractivity contribution in [2.24, 2.45) is 0 Å². The summed E-state index contributed by atoms with van der Waals surface area (Å²) in [6.07, 6.45) is 0.863. The van der Waals surface area contributed by atoms with Crippen LogP contribution in [0.5, 0.6) is 17.2 Å². The van der Waals surface area contributed by atoms with Gasteiger partial charge >= 0.3 is 0 Å². The van der Waals surface area contributed by atoms with Gasteiger partial charge in [0.15, 0.2) is 17.5 Å². The summed E-state index contributed by atoms with van der Waals surface area (Å²) >= 11 is 0. The highest BCUT2D eigenvalue weighted by molar-refractivity contribution is 5.95. The molecule has 1 unspecified atom stereocenters. The number of methoxy groups -OCH3 is 1. The summed E-state index contributed by atoms with van der Waals surface area (Å²) in [5.74, 6) is 1.85. The molecule has 0 fully saturated rings. The van der Waals surface area contributed by atoms with E-state index < -0.39 is 0 Å². The van der Waals surface area contributed by atoms with Crippen LogP contribution in [0, 0.1) is 13.8 Å². The molecule has 4 rings (SSSR count). The second kappa shape index (κ2) is 6.78. The first-order valence-corrected chi connectivity index (χ1v) is 9.19. The van der Waals surface area contributed by atoms with Crippen molar-refractivity contribution in [1.29, 1.82) is 0 Å². The van der Waals surface area contributed by atoms with Crippen LogP contribution in [-0.4, -0.2) is 33.4 Å². The lowest BCUT2D eigenvalue weighted by atomic mass is 9.90. The lowest BCUT2D eigenvalue weighted by Gasteiger charge is -2.32. The molecule has 0 aromatic heterocycles. The number of aryl methyl sites for hydroxylation is 2. The molecule has 0 radical (unpaired) electrons. The second-order valence-electron chi connectivity index (χ2n) is 7.28. The van der Waals surface area contributed by atoms with Crippen LogP contribution in [0.15, 0.2) is 24.3 Å². The molecule has 2 aliphatic rings. The van der Waals surface area contributed by atoms with Gasteiger partial charge in [-0.2, -0.15) is 0 Å². The minimum atomic E-state index is -0.375. The number of quaternary nitrogens is 1. The van der Waals surface area contributed by atoms with Gasteiger partial charge in [-0.15, -0.1) is 0 Å². The van der Waals surface area contributed by atoms with Gasteiger partial charge < -0.3 is 24.4 Å². The average Bonchev–Trinajstić information content (AvgIpc) is 3.11. The molecule has 6 heteroatoms. The van der Waals surface area contributed by atoms with Gasteiger partial charge in [-0.1, -0.05) is 6.07 Å². The van der Waals surface area contributed by atoms with Crippen LogP contribution < -0.4 is 24.4 Å². The van der Waals surface area contributed by atoms with Crippen molar-refractivity contribution in [3.8, 4) is 17.2 Å². The van der Waals surface area contributed by atoms with Gasteiger partial charge in [0.05, 0.1) is 26.3 Å². The van der Waals surface area contributed by atoms with Gasteiger partial charge in [-0.25, -0.2) is 0 Å². The number of hydrogen-bond acceptors (Lipinski definition) is 4. The Bertz CT molecular complexity index is 910. The summed E-state index contributed by atoms with van der Waals surface area (Å²) in [5, 5.41) is 3.08. The minimum Gasteiger partial charge on any atom is -0.492 e. The van der Waals surface area contributed by atoms with Crippen LogP contribution in [0.1, 0.15) is 28.3 Å². The molecular formula is C21H25N2O4+. The smallest absolute Gasteiger partial charge is 0.287 e. The topological polar surface area (TPSA) is 61.2 Å². The maximum Gasteiger partial charge on any atom is 0.287 e. The molecule has 2 atom stereocenters. The molecule has 0 spiro atoms. The molecule has 6 nitrogen and oxygen atoms in total. The molecule has 0 saturated carbocycles. The SMILES string of the molecule is COc1c2c(cc3c1[C@@H](C(=O)Nc1ccc(C)c(C)c1)[NH+](C)CC3)OCO2. The number of anilines is 1. The molecule has 0 aliphatic carbocycles. The predicted molar refractivity (Wildman–Crippen MR) is 102 cm³/mol. The lowest BCUT2D eigenvalue weighted by Crippen LogP contribution is -3.11. The highest BCUT2D eigenvalue weighted by atomic mass is 16.7. The number of rotatable bonds is 3. The van der Waals surface area contributed by atoms with Gasteiger partial charge in [0, 0.05) is 12.1 Å². The first kappa shape index (κ1) is 17.7. The Hall–Kier alpha value is -2.73. The zero-order valence-corrected chi connectivity index (χ0v) is 16.1. The summed E-state index contributed by atoms with van der Waals surface area (Å²) in [4.78, 5) is 14.4. The first-order valence-electron chi connectivity index (χ1n) is 9.19. The zero-order chi connectivity index (χ0) is 19.1. The van der Waals surface area contributed by atoms with E-state index in [1.807, 2.05) is 38.2 Å². The van der Waals surface area contributed by atoms with Gasteiger partial charge in [-0.05, 0) is 48.7 Å². The van der Waals surface area contributed by atoms with E-state index in [9.17, 15) is 4.79 Å². The highest BCUT2D eigenvalue weighted by Gasteiger charge is 2.40. The molecule has 27 heavy (non-hydrogen) atoms. The number of fused-ring (bicyclic) bond motifs is 2. The Labute approximate surface area is 159 Å². The summed E-state index contributed by atoms with van der Waals surface area (Å²) in [6, 6.07) is 7.58. The third kappa shape index (κ3) is 3.00. The number of ether oxygens (including phenoxy) is 3. The van der Waals surface area contributed by atoms with Crippen molar-refractivity contribution < 1.29 is 23.9 Å². The van der Waals surface area contributed by atoms with E-state index in [0.29, 0.717) is 17.2 Å². The van der Waals surface area contributed by atoms with Crippen molar-refractivity contribution in [3.63, 3.8) is 0 Å².